The molecule has 25 heavy (non-hydrogen) atoms. The number of fused-ring (bicyclic) bond motifs is 1. The molecule has 5 nitrogen and oxygen atoms in total. The standard InChI is InChI=1S/C20H30O5/c1-2-3-4-7-14(21)10-11-16-17-12-15(8-5-6-9-20(23)24)25-19(17)13-18(16)22/h3-4,8,10-11,14,16-19,21-22H,2,5-7,9,12-13H2,1H3,(H,23,24)/b4-3+,11-10?,15-8+/t14-,16+,17+,18+,19-/m0/s1. The first kappa shape index (κ1) is 19.7. The Hall–Kier alpha value is -1.59. The summed E-state index contributed by atoms with van der Waals surface area (Å²) < 4.78 is 5.93. The molecule has 1 saturated carbocycles. The molecule has 0 spiro atoms. The van der Waals surface area contributed by atoms with Crippen molar-refractivity contribution in [2.45, 2.75) is 70.2 Å². The fourth-order valence-corrected chi connectivity index (χ4v) is 3.64. The van der Waals surface area contributed by atoms with Gasteiger partial charge in [0.05, 0.1) is 18.0 Å². The van der Waals surface area contributed by atoms with Gasteiger partial charge in [0.2, 0.25) is 0 Å². The van der Waals surface area contributed by atoms with Crippen LogP contribution in [0, 0.1) is 11.8 Å². The number of hydrogen-bond acceptors (Lipinski definition) is 4. The van der Waals surface area contributed by atoms with Crippen molar-refractivity contribution >= 4 is 5.97 Å². The third kappa shape index (κ3) is 6.01. The molecule has 0 amide bonds. The molecule has 1 saturated heterocycles. The van der Waals surface area contributed by atoms with Crippen LogP contribution in [0.1, 0.15) is 51.9 Å². The summed E-state index contributed by atoms with van der Waals surface area (Å²) in [5, 5.41) is 28.9. The average molecular weight is 350 g/mol. The van der Waals surface area contributed by atoms with E-state index in [1.54, 1.807) is 6.08 Å². The number of aliphatic hydroxyl groups is 2. The normalized spacial score (nSPS) is 31.7. The van der Waals surface area contributed by atoms with Crippen LogP contribution in [-0.2, 0) is 9.53 Å². The summed E-state index contributed by atoms with van der Waals surface area (Å²) in [7, 11) is 0. The second-order valence-electron chi connectivity index (χ2n) is 6.93. The first-order valence-corrected chi connectivity index (χ1v) is 9.28. The van der Waals surface area contributed by atoms with E-state index < -0.39 is 18.2 Å². The van der Waals surface area contributed by atoms with E-state index in [0.29, 0.717) is 25.7 Å². The van der Waals surface area contributed by atoms with Crippen molar-refractivity contribution in [2.75, 3.05) is 0 Å². The Morgan fingerprint density at radius 2 is 2.20 bits per heavy atom. The quantitative estimate of drug-likeness (QED) is 0.439. The molecule has 1 heterocycles. The summed E-state index contributed by atoms with van der Waals surface area (Å²) in [5.74, 6) is 0.371. The summed E-state index contributed by atoms with van der Waals surface area (Å²) in [6.07, 6.45) is 13.2. The van der Waals surface area contributed by atoms with Crippen molar-refractivity contribution in [3.05, 3.63) is 36.1 Å². The van der Waals surface area contributed by atoms with E-state index in [0.717, 1.165) is 18.6 Å². The van der Waals surface area contributed by atoms with Gasteiger partial charge in [-0.1, -0.05) is 31.2 Å². The van der Waals surface area contributed by atoms with E-state index in [4.69, 9.17) is 9.84 Å². The lowest BCUT2D eigenvalue weighted by atomic mass is 9.90. The number of rotatable bonds is 9. The van der Waals surface area contributed by atoms with Crippen LogP contribution in [0.25, 0.3) is 0 Å². The van der Waals surface area contributed by atoms with Crippen LogP contribution in [0.4, 0.5) is 0 Å². The number of aliphatic carboxylic acids is 1. The Kier molecular flexibility index (Phi) is 7.72. The molecule has 0 radical (unpaired) electrons. The van der Waals surface area contributed by atoms with Crippen LogP contribution in [0.3, 0.4) is 0 Å². The highest BCUT2D eigenvalue weighted by atomic mass is 16.5. The molecule has 0 bridgehead atoms. The molecular weight excluding hydrogens is 320 g/mol. The molecule has 1 aliphatic heterocycles. The molecule has 5 atom stereocenters. The first-order chi connectivity index (χ1) is 12.0. The highest BCUT2D eigenvalue weighted by molar-refractivity contribution is 5.66. The van der Waals surface area contributed by atoms with Gasteiger partial charge in [-0.15, -0.1) is 0 Å². The van der Waals surface area contributed by atoms with Crippen molar-refractivity contribution in [3.8, 4) is 0 Å². The van der Waals surface area contributed by atoms with Gasteiger partial charge >= 0.3 is 5.97 Å². The van der Waals surface area contributed by atoms with Gasteiger partial charge in [-0.3, -0.25) is 4.79 Å². The molecule has 0 aromatic carbocycles. The van der Waals surface area contributed by atoms with Crippen molar-refractivity contribution < 1.29 is 24.9 Å². The molecule has 5 heteroatoms. The molecule has 0 aromatic rings. The summed E-state index contributed by atoms with van der Waals surface area (Å²) >= 11 is 0. The number of allylic oxidation sites excluding steroid dienone is 3. The number of carbonyl (C=O) groups is 1. The molecule has 0 aromatic heterocycles. The van der Waals surface area contributed by atoms with Crippen molar-refractivity contribution in [1.29, 1.82) is 0 Å². The molecule has 140 valence electrons. The van der Waals surface area contributed by atoms with E-state index in [1.807, 2.05) is 24.3 Å². The zero-order chi connectivity index (χ0) is 18.2. The van der Waals surface area contributed by atoms with Crippen LogP contribution >= 0.6 is 0 Å². The van der Waals surface area contributed by atoms with Crippen LogP contribution in [-0.4, -0.2) is 39.6 Å². The minimum atomic E-state index is -0.775. The van der Waals surface area contributed by atoms with E-state index in [2.05, 4.69) is 6.92 Å². The van der Waals surface area contributed by atoms with E-state index in [1.165, 1.54) is 0 Å². The van der Waals surface area contributed by atoms with Gasteiger partial charge in [0.25, 0.3) is 0 Å². The minimum Gasteiger partial charge on any atom is -0.495 e. The lowest BCUT2D eigenvalue weighted by molar-refractivity contribution is -0.137. The van der Waals surface area contributed by atoms with Gasteiger partial charge in [-0.2, -0.15) is 0 Å². The predicted octanol–water partition coefficient (Wildman–Crippen LogP) is 3.18. The molecule has 3 N–H and O–H groups in total. The number of ether oxygens (including phenoxy) is 1. The Balaban J connectivity index is 1.86. The zero-order valence-corrected chi connectivity index (χ0v) is 14.9. The zero-order valence-electron chi connectivity index (χ0n) is 14.9. The third-order valence-corrected chi connectivity index (χ3v) is 4.93. The molecule has 2 aliphatic rings. The molecule has 2 fully saturated rings. The number of hydrogen-bond donors (Lipinski definition) is 3. The Bertz CT molecular complexity index is 522. The van der Waals surface area contributed by atoms with E-state index >= 15 is 0 Å². The second kappa shape index (κ2) is 9.78. The topological polar surface area (TPSA) is 87.0 Å². The average Bonchev–Trinajstić information content (AvgIpc) is 3.06. The summed E-state index contributed by atoms with van der Waals surface area (Å²) in [6, 6.07) is 0. The van der Waals surface area contributed by atoms with Gasteiger partial charge in [-0.25, -0.2) is 0 Å². The predicted molar refractivity (Wildman–Crippen MR) is 95.9 cm³/mol. The molecule has 1 aliphatic carbocycles. The van der Waals surface area contributed by atoms with Crippen LogP contribution in [0.5, 0.6) is 0 Å². The number of aliphatic hydroxyl groups excluding tert-OH is 2. The number of carboxylic acids is 1. The highest BCUT2D eigenvalue weighted by Crippen LogP contribution is 2.45. The van der Waals surface area contributed by atoms with Gasteiger partial charge < -0.3 is 20.1 Å². The molecule has 0 unspecified atom stereocenters. The molecular formula is C20H30O5. The summed E-state index contributed by atoms with van der Waals surface area (Å²) in [4.78, 5) is 10.5. The highest BCUT2D eigenvalue weighted by Gasteiger charge is 2.46. The van der Waals surface area contributed by atoms with Crippen molar-refractivity contribution in [1.82, 2.24) is 0 Å². The van der Waals surface area contributed by atoms with Crippen molar-refractivity contribution in [2.24, 2.45) is 11.8 Å². The van der Waals surface area contributed by atoms with E-state index in [-0.39, 0.29) is 24.4 Å². The van der Waals surface area contributed by atoms with Gasteiger partial charge in [0, 0.05) is 31.1 Å². The van der Waals surface area contributed by atoms with Crippen molar-refractivity contribution in [3.63, 3.8) is 0 Å². The van der Waals surface area contributed by atoms with Gasteiger partial charge in [-0.05, 0) is 31.8 Å². The van der Waals surface area contributed by atoms with Gasteiger partial charge in [0.1, 0.15) is 6.10 Å². The lowest BCUT2D eigenvalue weighted by Crippen LogP contribution is -2.17. The lowest BCUT2D eigenvalue weighted by Gasteiger charge is -2.15. The first-order valence-electron chi connectivity index (χ1n) is 9.28. The largest absolute Gasteiger partial charge is 0.495 e. The second-order valence-corrected chi connectivity index (χ2v) is 6.93. The Morgan fingerprint density at radius 1 is 1.40 bits per heavy atom. The monoisotopic (exact) mass is 350 g/mol. The fourth-order valence-electron chi connectivity index (χ4n) is 3.64. The smallest absolute Gasteiger partial charge is 0.303 e. The van der Waals surface area contributed by atoms with Crippen LogP contribution < -0.4 is 0 Å². The number of unbranched alkanes of at least 4 members (excludes halogenated alkanes) is 1. The maximum atomic E-state index is 10.5. The maximum absolute atomic E-state index is 10.5. The summed E-state index contributed by atoms with van der Waals surface area (Å²) in [5.41, 5.74) is 0. The van der Waals surface area contributed by atoms with E-state index in [9.17, 15) is 15.0 Å². The third-order valence-electron chi connectivity index (χ3n) is 4.93. The SMILES string of the molecule is CC/C=C/C[C@H](O)C=C[C@@H]1[C@H]2C/C(=C\CCCC(=O)O)O[C@H]2C[C@H]1O. The molecule has 2 rings (SSSR count). The summed E-state index contributed by atoms with van der Waals surface area (Å²) in [6.45, 7) is 2.06. The van der Waals surface area contributed by atoms with Crippen LogP contribution in [0.15, 0.2) is 36.1 Å². The number of carboxylic acid groups (broad SMARTS) is 1. The Labute approximate surface area is 149 Å². The Morgan fingerprint density at radius 3 is 2.92 bits per heavy atom. The van der Waals surface area contributed by atoms with Crippen LogP contribution in [0.2, 0.25) is 0 Å². The maximum Gasteiger partial charge on any atom is 0.303 e. The fraction of sp³-hybridized carbons (Fsp3) is 0.650. The minimum absolute atomic E-state index is 0.000255. The van der Waals surface area contributed by atoms with Gasteiger partial charge in [0.15, 0.2) is 0 Å².